The van der Waals surface area contributed by atoms with E-state index in [1.165, 1.54) is 18.2 Å². The molecule has 1 heterocycles. The molecule has 0 amide bonds. The van der Waals surface area contributed by atoms with Crippen molar-refractivity contribution in [3.05, 3.63) is 71.7 Å². The molecule has 1 saturated carbocycles. The Morgan fingerprint density at radius 3 is 2.42 bits per heavy atom. The van der Waals surface area contributed by atoms with Crippen LogP contribution in [0, 0.1) is 5.82 Å². The first-order chi connectivity index (χ1) is 15.7. The van der Waals surface area contributed by atoms with Crippen LogP contribution < -0.4 is 0 Å². The zero-order valence-electron chi connectivity index (χ0n) is 17.5. The summed E-state index contributed by atoms with van der Waals surface area (Å²) in [5.41, 5.74) is 3.24. The van der Waals surface area contributed by atoms with Crippen molar-refractivity contribution in [1.82, 2.24) is 4.98 Å². The lowest BCUT2D eigenvalue weighted by atomic mass is 9.92. The summed E-state index contributed by atoms with van der Waals surface area (Å²) < 4.78 is 42.4. The van der Waals surface area contributed by atoms with Crippen LogP contribution in [0.25, 0.3) is 28.1 Å². The summed E-state index contributed by atoms with van der Waals surface area (Å²) in [6.45, 7) is 0. The average molecular weight is 457 g/mol. The second-order valence-electron chi connectivity index (χ2n) is 8.18. The number of nitrogens with zero attached hydrogens (tertiary/aromatic N) is 1. The number of alkyl halides is 2. The predicted molar refractivity (Wildman–Crippen MR) is 117 cm³/mol. The van der Waals surface area contributed by atoms with Gasteiger partial charge in [0.25, 0.3) is 0 Å². The molecule has 1 aliphatic carbocycles. The highest BCUT2D eigenvalue weighted by molar-refractivity contribution is 5.99. The van der Waals surface area contributed by atoms with E-state index in [1.807, 2.05) is 24.3 Å². The van der Waals surface area contributed by atoms with Gasteiger partial charge in [-0.2, -0.15) is 0 Å². The smallest absolute Gasteiger partial charge is 0.306 e. The molecule has 3 aromatic rings. The maximum Gasteiger partial charge on any atom is 0.306 e. The number of halogens is 3. The van der Waals surface area contributed by atoms with E-state index >= 15 is 0 Å². The molecule has 0 saturated heterocycles. The zero-order chi connectivity index (χ0) is 23.8. The van der Waals surface area contributed by atoms with Crippen LogP contribution in [0.5, 0.6) is 0 Å². The van der Waals surface area contributed by atoms with Crippen molar-refractivity contribution in [3.8, 4) is 11.1 Å². The number of para-hydroxylation sites is 1. The molecular formula is C25H22F3NO4. The van der Waals surface area contributed by atoms with Crippen LogP contribution in [0.1, 0.15) is 36.4 Å². The second kappa shape index (κ2) is 8.96. The minimum absolute atomic E-state index is 0.128. The molecule has 8 heteroatoms. The lowest BCUT2D eigenvalue weighted by molar-refractivity contribution is -0.173. The van der Waals surface area contributed by atoms with Crippen molar-refractivity contribution in [2.75, 3.05) is 0 Å². The van der Waals surface area contributed by atoms with Gasteiger partial charge >= 0.3 is 11.9 Å². The number of aliphatic carboxylic acids is 1. The first kappa shape index (κ1) is 22.9. The molecule has 1 aliphatic rings. The number of benzene rings is 2. The minimum Gasteiger partial charge on any atom is -0.481 e. The van der Waals surface area contributed by atoms with Crippen LogP contribution >= 0.6 is 0 Å². The summed E-state index contributed by atoms with van der Waals surface area (Å²) in [6, 6.07) is 13.1. The lowest BCUT2D eigenvalue weighted by Gasteiger charge is -2.24. The molecule has 0 bridgehead atoms. The standard InChI is InChI=1S/C25H22F3NO4/c26-16-9-7-14(8-10-16)23-17-3-1-2-4-19(17)29-24(15-5-6-15)18(23)11-12-20(30)25(27,28)21(31)13-22(32)33/h1-4,7-12,15,20-21,30-31H,5-6,13H2,(H,32,33)/b12-11+. The lowest BCUT2D eigenvalue weighted by Crippen LogP contribution is -2.44. The number of aliphatic hydroxyl groups is 2. The Morgan fingerprint density at radius 1 is 1.12 bits per heavy atom. The van der Waals surface area contributed by atoms with Gasteiger partial charge in [-0.05, 0) is 42.7 Å². The number of carboxylic acids is 1. The molecule has 5 nitrogen and oxygen atoms in total. The number of hydrogen-bond donors (Lipinski definition) is 3. The van der Waals surface area contributed by atoms with Gasteiger partial charge in [-0.3, -0.25) is 9.78 Å². The van der Waals surface area contributed by atoms with Crippen LogP contribution in [0.2, 0.25) is 0 Å². The number of carbonyl (C=O) groups is 1. The second-order valence-corrected chi connectivity index (χ2v) is 8.18. The Balaban J connectivity index is 1.84. The molecule has 2 unspecified atom stereocenters. The van der Waals surface area contributed by atoms with Gasteiger partial charge in [-0.25, -0.2) is 13.2 Å². The molecule has 1 fully saturated rings. The number of aliphatic hydroxyl groups excluding tert-OH is 2. The Labute approximate surface area is 187 Å². The van der Waals surface area contributed by atoms with E-state index in [9.17, 15) is 28.2 Å². The molecular weight excluding hydrogens is 435 g/mol. The van der Waals surface area contributed by atoms with Crippen molar-refractivity contribution in [2.24, 2.45) is 0 Å². The third-order valence-corrected chi connectivity index (χ3v) is 5.71. The molecule has 1 aromatic heterocycles. The fourth-order valence-electron chi connectivity index (χ4n) is 3.82. The van der Waals surface area contributed by atoms with Gasteiger partial charge in [-0.15, -0.1) is 0 Å². The number of aromatic nitrogens is 1. The summed E-state index contributed by atoms with van der Waals surface area (Å²) in [4.78, 5) is 15.4. The predicted octanol–water partition coefficient (Wildman–Crippen LogP) is 4.76. The number of carboxylic acid groups (broad SMARTS) is 1. The molecule has 33 heavy (non-hydrogen) atoms. The summed E-state index contributed by atoms with van der Waals surface area (Å²) in [6.07, 6.45) is -2.25. The van der Waals surface area contributed by atoms with E-state index in [-0.39, 0.29) is 5.92 Å². The summed E-state index contributed by atoms with van der Waals surface area (Å²) >= 11 is 0. The van der Waals surface area contributed by atoms with Crippen molar-refractivity contribution < 1.29 is 33.3 Å². The number of pyridine rings is 1. The monoisotopic (exact) mass is 457 g/mol. The topological polar surface area (TPSA) is 90.7 Å². The van der Waals surface area contributed by atoms with Crippen LogP contribution in [0.3, 0.4) is 0 Å². The molecule has 172 valence electrons. The Bertz CT molecular complexity index is 1210. The molecule has 4 rings (SSSR count). The SMILES string of the molecule is O=C(O)CC(O)C(F)(F)C(O)/C=C/c1c(C2CC2)nc2ccccc2c1-c1ccc(F)cc1. The van der Waals surface area contributed by atoms with Gasteiger partial charge in [0.2, 0.25) is 0 Å². The Hall–Kier alpha value is -3.23. The van der Waals surface area contributed by atoms with Gasteiger partial charge in [0, 0.05) is 22.4 Å². The van der Waals surface area contributed by atoms with E-state index in [2.05, 4.69) is 0 Å². The fraction of sp³-hybridized carbons (Fsp3) is 0.280. The summed E-state index contributed by atoms with van der Waals surface area (Å²) in [7, 11) is 0. The van der Waals surface area contributed by atoms with E-state index in [1.54, 1.807) is 12.1 Å². The molecule has 0 spiro atoms. The normalized spacial score (nSPS) is 16.3. The zero-order valence-corrected chi connectivity index (χ0v) is 17.5. The van der Waals surface area contributed by atoms with Crippen molar-refractivity contribution >= 4 is 22.9 Å². The van der Waals surface area contributed by atoms with Gasteiger partial charge in [-0.1, -0.05) is 36.4 Å². The minimum atomic E-state index is -4.07. The maximum absolute atomic E-state index is 14.4. The van der Waals surface area contributed by atoms with Gasteiger partial charge in [0.15, 0.2) is 0 Å². The van der Waals surface area contributed by atoms with Crippen LogP contribution in [0.15, 0.2) is 54.6 Å². The van der Waals surface area contributed by atoms with E-state index < -0.39 is 36.3 Å². The highest BCUT2D eigenvalue weighted by atomic mass is 19.3. The number of hydrogen-bond acceptors (Lipinski definition) is 4. The number of fused-ring (bicyclic) bond motifs is 1. The van der Waals surface area contributed by atoms with Gasteiger partial charge in [0.1, 0.15) is 18.0 Å². The molecule has 0 radical (unpaired) electrons. The average Bonchev–Trinajstić information content (AvgIpc) is 3.62. The molecule has 0 aliphatic heterocycles. The van der Waals surface area contributed by atoms with Crippen molar-refractivity contribution in [3.63, 3.8) is 0 Å². The Morgan fingerprint density at radius 2 is 1.79 bits per heavy atom. The highest BCUT2D eigenvalue weighted by Crippen LogP contribution is 2.45. The van der Waals surface area contributed by atoms with Crippen LogP contribution in [0.4, 0.5) is 13.2 Å². The molecule has 2 atom stereocenters. The summed E-state index contributed by atoms with van der Waals surface area (Å²) in [5, 5.41) is 29.1. The maximum atomic E-state index is 14.4. The van der Waals surface area contributed by atoms with E-state index in [0.717, 1.165) is 24.3 Å². The number of rotatable bonds is 8. The first-order valence-corrected chi connectivity index (χ1v) is 10.5. The van der Waals surface area contributed by atoms with Gasteiger partial charge in [0.05, 0.1) is 17.6 Å². The molecule has 2 aromatic carbocycles. The van der Waals surface area contributed by atoms with Gasteiger partial charge < -0.3 is 15.3 Å². The third kappa shape index (κ3) is 4.77. The third-order valence-electron chi connectivity index (χ3n) is 5.71. The van der Waals surface area contributed by atoms with Crippen molar-refractivity contribution in [1.29, 1.82) is 0 Å². The quantitative estimate of drug-likeness (QED) is 0.454. The summed E-state index contributed by atoms with van der Waals surface area (Å²) in [5.74, 6) is -5.97. The fourth-order valence-corrected chi connectivity index (χ4v) is 3.82. The highest BCUT2D eigenvalue weighted by Gasteiger charge is 2.45. The van der Waals surface area contributed by atoms with E-state index in [4.69, 9.17) is 10.1 Å². The molecule has 3 N–H and O–H groups in total. The van der Waals surface area contributed by atoms with Crippen LogP contribution in [-0.2, 0) is 4.79 Å². The largest absolute Gasteiger partial charge is 0.481 e. The first-order valence-electron chi connectivity index (χ1n) is 10.5. The van der Waals surface area contributed by atoms with E-state index in [0.29, 0.717) is 27.9 Å². The van der Waals surface area contributed by atoms with Crippen LogP contribution in [-0.4, -0.2) is 44.4 Å². The van der Waals surface area contributed by atoms with Crippen molar-refractivity contribution in [2.45, 2.75) is 43.3 Å². The Kier molecular flexibility index (Phi) is 6.23.